The van der Waals surface area contributed by atoms with Crippen LogP contribution in [0.2, 0.25) is 0 Å². The van der Waals surface area contributed by atoms with Crippen molar-refractivity contribution in [2.75, 3.05) is 26.3 Å². The number of halogens is 1. The number of benzene rings is 2. The summed E-state index contributed by atoms with van der Waals surface area (Å²) < 4.78 is 18.6. The van der Waals surface area contributed by atoms with Gasteiger partial charge in [-0.25, -0.2) is 4.39 Å². The molecule has 1 fully saturated rings. The van der Waals surface area contributed by atoms with Crippen molar-refractivity contribution in [2.24, 2.45) is 0 Å². The molecule has 1 aliphatic heterocycles. The van der Waals surface area contributed by atoms with Gasteiger partial charge in [-0.1, -0.05) is 42.5 Å². The number of hydrogen-bond donors (Lipinski definition) is 3. The normalized spacial score (nSPS) is 17.1. The zero-order valence-corrected chi connectivity index (χ0v) is 16.4. The van der Waals surface area contributed by atoms with Gasteiger partial charge in [-0.05, 0) is 36.8 Å². The standard InChI is InChI=1S/C21H26FN3OS/c1-16(24-21(27)23-15-17-7-9-19(22)10-8-17)20(18-5-3-2-4-6-18)25-11-13-26-14-12-25/h2-10,16,20H,11-15H2,1H3,(H2,23,24,27)/p+1/t16-,20-/m1/s1. The Kier molecular flexibility index (Phi) is 7.15. The van der Waals surface area contributed by atoms with Gasteiger partial charge in [0.2, 0.25) is 0 Å². The van der Waals surface area contributed by atoms with Gasteiger partial charge in [-0.3, -0.25) is 0 Å². The Balaban J connectivity index is 1.61. The molecule has 1 saturated heterocycles. The highest BCUT2D eigenvalue weighted by molar-refractivity contribution is 7.80. The van der Waals surface area contributed by atoms with Gasteiger partial charge in [0, 0.05) is 12.1 Å². The number of hydrogen-bond acceptors (Lipinski definition) is 2. The summed E-state index contributed by atoms with van der Waals surface area (Å²) in [5.74, 6) is -0.229. The summed E-state index contributed by atoms with van der Waals surface area (Å²) in [5, 5.41) is 7.28. The minimum atomic E-state index is -0.229. The van der Waals surface area contributed by atoms with Gasteiger partial charge in [-0.15, -0.1) is 0 Å². The first-order valence-corrected chi connectivity index (χ1v) is 9.80. The largest absolute Gasteiger partial charge is 0.370 e. The quantitative estimate of drug-likeness (QED) is 0.660. The summed E-state index contributed by atoms with van der Waals surface area (Å²) in [4.78, 5) is 1.51. The van der Waals surface area contributed by atoms with Crippen LogP contribution in [0.25, 0.3) is 0 Å². The Labute approximate surface area is 165 Å². The van der Waals surface area contributed by atoms with E-state index < -0.39 is 0 Å². The van der Waals surface area contributed by atoms with E-state index in [4.69, 9.17) is 17.0 Å². The second-order valence-electron chi connectivity index (χ2n) is 6.90. The summed E-state index contributed by atoms with van der Waals surface area (Å²) in [5.41, 5.74) is 2.29. The van der Waals surface area contributed by atoms with E-state index >= 15 is 0 Å². The SMILES string of the molecule is C[C@@H](NC(=S)NCc1ccc(F)cc1)[C@H](c1ccccc1)[NH+]1CCOCC1. The first kappa shape index (κ1) is 19.7. The van der Waals surface area contributed by atoms with Crippen LogP contribution in [0, 0.1) is 5.82 Å². The lowest BCUT2D eigenvalue weighted by molar-refractivity contribution is -0.940. The maximum atomic E-state index is 13.0. The molecule has 0 radical (unpaired) electrons. The molecule has 27 heavy (non-hydrogen) atoms. The van der Waals surface area contributed by atoms with Crippen molar-refractivity contribution in [3.8, 4) is 0 Å². The molecule has 0 aromatic heterocycles. The molecular weight excluding hydrogens is 361 g/mol. The molecule has 0 bridgehead atoms. The van der Waals surface area contributed by atoms with E-state index in [2.05, 4.69) is 41.8 Å². The number of morpholine rings is 1. The van der Waals surface area contributed by atoms with E-state index in [-0.39, 0.29) is 11.9 Å². The Bertz CT molecular complexity index is 720. The van der Waals surface area contributed by atoms with Crippen molar-refractivity contribution in [2.45, 2.75) is 25.6 Å². The highest BCUT2D eigenvalue weighted by Gasteiger charge is 2.31. The Morgan fingerprint density at radius 2 is 1.78 bits per heavy atom. The summed E-state index contributed by atoms with van der Waals surface area (Å²) in [6.45, 7) is 6.30. The zero-order valence-electron chi connectivity index (χ0n) is 15.6. The third-order valence-corrected chi connectivity index (χ3v) is 5.22. The van der Waals surface area contributed by atoms with Crippen molar-refractivity contribution in [3.63, 3.8) is 0 Å². The fourth-order valence-corrected chi connectivity index (χ4v) is 3.87. The molecule has 0 saturated carbocycles. The van der Waals surface area contributed by atoms with Crippen LogP contribution in [-0.2, 0) is 11.3 Å². The average molecular weight is 389 g/mol. The van der Waals surface area contributed by atoms with E-state index in [1.165, 1.54) is 22.6 Å². The van der Waals surface area contributed by atoms with Gasteiger partial charge in [0.1, 0.15) is 24.9 Å². The Hall–Kier alpha value is -2.02. The van der Waals surface area contributed by atoms with E-state index in [9.17, 15) is 4.39 Å². The third-order valence-electron chi connectivity index (χ3n) is 4.96. The molecule has 6 heteroatoms. The number of rotatable bonds is 6. The lowest BCUT2D eigenvalue weighted by Crippen LogP contribution is -3.15. The minimum absolute atomic E-state index is 0.161. The van der Waals surface area contributed by atoms with Gasteiger partial charge in [-0.2, -0.15) is 0 Å². The van der Waals surface area contributed by atoms with Crippen LogP contribution >= 0.6 is 12.2 Å². The number of nitrogens with one attached hydrogen (secondary N) is 3. The summed E-state index contributed by atoms with van der Waals surface area (Å²) >= 11 is 5.50. The van der Waals surface area contributed by atoms with Crippen LogP contribution in [0.3, 0.4) is 0 Å². The van der Waals surface area contributed by atoms with Crippen molar-refractivity contribution in [1.82, 2.24) is 10.6 Å². The van der Waals surface area contributed by atoms with Crippen molar-refractivity contribution >= 4 is 17.3 Å². The molecule has 0 aliphatic carbocycles. The number of thiocarbonyl (C=S) groups is 1. The Morgan fingerprint density at radius 3 is 2.44 bits per heavy atom. The van der Waals surface area contributed by atoms with Crippen LogP contribution in [-0.4, -0.2) is 37.5 Å². The van der Waals surface area contributed by atoms with Crippen LogP contribution in [0.5, 0.6) is 0 Å². The first-order chi connectivity index (χ1) is 13.1. The summed E-state index contributed by atoms with van der Waals surface area (Å²) in [7, 11) is 0. The third kappa shape index (κ3) is 5.73. The van der Waals surface area contributed by atoms with E-state index in [0.29, 0.717) is 17.7 Å². The van der Waals surface area contributed by atoms with E-state index in [1.807, 2.05) is 6.07 Å². The topological polar surface area (TPSA) is 37.7 Å². The molecule has 1 aliphatic rings. The monoisotopic (exact) mass is 388 g/mol. The second-order valence-corrected chi connectivity index (χ2v) is 7.31. The molecule has 0 amide bonds. The molecule has 3 rings (SSSR count). The first-order valence-electron chi connectivity index (χ1n) is 9.39. The predicted molar refractivity (Wildman–Crippen MR) is 109 cm³/mol. The van der Waals surface area contributed by atoms with Crippen LogP contribution in [0.4, 0.5) is 4.39 Å². The molecule has 2 aromatic carbocycles. The molecule has 4 nitrogen and oxygen atoms in total. The van der Waals surface area contributed by atoms with Gasteiger partial charge in [0.15, 0.2) is 5.11 Å². The molecule has 2 aromatic rings. The molecule has 3 N–H and O–H groups in total. The lowest BCUT2D eigenvalue weighted by Gasteiger charge is -2.35. The van der Waals surface area contributed by atoms with Gasteiger partial charge < -0.3 is 20.3 Å². The fraction of sp³-hybridized carbons (Fsp3) is 0.381. The fourth-order valence-electron chi connectivity index (χ4n) is 3.61. The van der Waals surface area contributed by atoms with Gasteiger partial charge in [0.25, 0.3) is 0 Å². The average Bonchev–Trinajstić information content (AvgIpc) is 2.69. The van der Waals surface area contributed by atoms with Crippen LogP contribution in [0.15, 0.2) is 54.6 Å². The van der Waals surface area contributed by atoms with Crippen molar-refractivity contribution in [1.29, 1.82) is 0 Å². The van der Waals surface area contributed by atoms with Crippen LogP contribution < -0.4 is 15.5 Å². The highest BCUT2D eigenvalue weighted by atomic mass is 32.1. The zero-order chi connectivity index (χ0) is 19.1. The Morgan fingerprint density at radius 1 is 1.11 bits per heavy atom. The smallest absolute Gasteiger partial charge is 0.167 e. The second kappa shape index (κ2) is 9.78. The van der Waals surface area contributed by atoms with Crippen molar-refractivity contribution < 1.29 is 14.0 Å². The maximum absolute atomic E-state index is 13.0. The maximum Gasteiger partial charge on any atom is 0.167 e. The molecule has 0 unspecified atom stereocenters. The highest BCUT2D eigenvalue weighted by Crippen LogP contribution is 2.14. The van der Waals surface area contributed by atoms with Crippen molar-refractivity contribution in [3.05, 3.63) is 71.5 Å². The predicted octanol–water partition coefficient (Wildman–Crippen LogP) is 1.83. The lowest BCUT2D eigenvalue weighted by atomic mass is 9.98. The van der Waals surface area contributed by atoms with Gasteiger partial charge in [0.05, 0.1) is 19.3 Å². The number of ether oxygens (including phenoxy) is 1. The minimum Gasteiger partial charge on any atom is -0.370 e. The van der Waals surface area contributed by atoms with E-state index in [0.717, 1.165) is 31.9 Å². The summed E-state index contributed by atoms with van der Waals surface area (Å²) in [6, 6.07) is 17.5. The molecule has 2 atom stereocenters. The van der Waals surface area contributed by atoms with Gasteiger partial charge >= 0.3 is 0 Å². The summed E-state index contributed by atoms with van der Waals surface area (Å²) in [6.07, 6.45) is 0. The van der Waals surface area contributed by atoms with Crippen LogP contribution in [0.1, 0.15) is 24.1 Å². The number of quaternary nitrogens is 1. The molecule has 1 heterocycles. The molecular formula is C21H27FN3OS+. The molecule has 0 spiro atoms. The van der Waals surface area contributed by atoms with E-state index in [1.54, 1.807) is 12.1 Å². The molecule has 144 valence electrons.